The zero-order chi connectivity index (χ0) is 18.9. The van der Waals surface area contributed by atoms with Crippen LogP contribution in [0.5, 0.6) is 0 Å². The van der Waals surface area contributed by atoms with Gasteiger partial charge in [0.05, 0.1) is 11.8 Å². The molecule has 0 unspecified atom stereocenters. The van der Waals surface area contributed by atoms with Crippen molar-refractivity contribution in [2.45, 2.75) is 19.6 Å². The van der Waals surface area contributed by atoms with E-state index in [1.54, 1.807) is 17.8 Å². The molecule has 3 rings (SSSR count). The third-order valence-corrected chi connectivity index (χ3v) is 4.29. The summed E-state index contributed by atoms with van der Waals surface area (Å²) in [6, 6.07) is 6.87. The minimum Gasteiger partial charge on any atom is -0.352 e. The summed E-state index contributed by atoms with van der Waals surface area (Å²) in [6.45, 7) is 6.86. The number of nitrogens with one attached hydrogen (secondary N) is 1. The number of nitrogens with zero attached hydrogens (tertiary/aromatic N) is 3. The van der Waals surface area contributed by atoms with Crippen LogP contribution in [0, 0.1) is 5.92 Å². The summed E-state index contributed by atoms with van der Waals surface area (Å²) < 4.78 is 40.1. The fraction of sp³-hybridized carbons (Fsp3) is 0.333. The molecule has 26 heavy (non-hydrogen) atoms. The van der Waals surface area contributed by atoms with Crippen LogP contribution in [-0.2, 0) is 17.5 Å². The minimum absolute atomic E-state index is 0.0630. The highest BCUT2D eigenvalue weighted by atomic mass is 19.4. The van der Waals surface area contributed by atoms with Crippen molar-refractivity contribution in [1.29, 1.82) is 0 Å². The molecule has 0 fully saturated rings. The smallest absolute Gasteiger partial charge is 0.352 e. The topological polar surface area (TPSA) is 50.2 Å². The molecule has 1 aromatic heterocycles. The van der Waals surface area contributed by atoms with Gasteiger partial charge in [0.15, 0.2) is 0 Å². The lowest BCUT2D eigenvalue weighted by molar-refractivity contribution is -0.137. The van der Waals surface area contributed by atoms with E-state index in [0.29, 0.717) is 30.9 Å². The van der Waals surface area contributed by atoms with E-state index in [1.807, 2.05) is 11.0 Å². The SMILES string of the molecule is C=C(C)C(=O)NC[C@@H]1CN(c2ccc(C(F)(F)F)cc2)c2ccnn2C1. The maximum Gasteiger partial charge on any atom is 0.416 e. The maximum atomic E-state index is 12.8. The number of carbonyl (C=O) groups excluding carboxylic acids is 1. The van der Waals surface area contributed by atoms with Crippen molar-refractivity contribution < 1.29 is 18.0 Å². The molecular weight excluding hydrogens is 345 g/mol. The lowest BCUT2D eigenvalue weighted by atomic mass is 10.1. The van der Waals surface area contributed by atoms with E-state index in [-0.39, 0.29) is 11.8 Å². The number of fused-ring (bicyclic) bond motifs is 1. The van der Waals surface area contributed by atoms with Crippen molar-refractivity contribution in [1.82, 2.24) is 15.1 Å². The first-order valence-electron chi connectivity index (χ1n) is 8.16. The van der Waals surface area contributed by atoms with Gasteiger partial charge in [-0.1, -0.05) is 6.58 Å². The fourth-order valence-electron chi connectivity index (χ4n) is 2.93. The van der Waals surface area contributed by atoms with Gasteiger partial charge in [0.1, 0.15) is 5.82 Å². The molecule has 1 amide bonds. The molecule has 5 nitrogen and oxygen atoms in total. The highest BCUT2D eigenvalue weighted by Crippen LogP contribution is 2.34. The zero-order valence-corrected chi connectivity index (χ0v) is 14.3. The Balaban J connectivity index is 1.80. The van der Waals surface area contributed by atoms with Gasteiger partial charge in [-0.05, 0) is 31.2 Å². The van der Waals surface area contributed by atoms with Crippen LogP contribution in [0.25, 0.3) is 0 Å². The molecule has 0 saturated heterocycles. The third-order valence-electron chi connectivity index (χ3n) is 4.29. The first-order chi connectivity index (χ1) is 12.3. The summed E-state index contributed by atoms with van der Waals surface area (Å²) in [5, 5.41) is 7.09. The molecule has 0 spiro atoms. The number of rotatable bonds is 4. The van der Waals surface area contributed by atoms with Crippen molar-refractivity contribution in [3.8, 4) is 0 Å². The molecule has 138 valence electrons. The lowest BCUT2D eigenvalue weighted by Gasteiger charge is -2.35. The Morgan fingerprint density at radius 2 is 1.96 bits per heavy atom. The van der Waals surface area contributed by atoms with Crippen LogP contribution in [-0.4, -0.2) is 28.8 Å². The molecule has 0 aliphatic carbocycles. The van der Waals surface area contributed by atoms with Crippen LogP contribution in [0.15, 0.2) is 48.7 Å². The van der Waals surface area contributed by atoms with Gasteiger partial charge in [-0.3, -0.25) is 4.79 Å². The van der Waals surface area contributed by atoms with E-state index in [0.717, 1.165) is 18.0 Å². The number of anilines is 2. The van der Waals surface area contributed by atoms with Gasteiger partial charge >= 0.3 is 6.18 Å². The molecular formula is C18H19F3N4O. The van der Waals surface area contributed by atoms with E-state index in [4.69, 9.17) is 0 Å². The molecule has 8 heteroatoms. The minimum atomic E-state index is -4.36. The van der Waals surface area contributed by atoms with E-state index < -0.39 is 11.7 Å². The van der Waals surface area contributed by atoms with Crippen molar-refractivity contribution in [2.24, 2.45) is 5.92 Å². The van der Waals surface area contributed by atoms with Crippen LogP contribution >= 0.6 is 0 Å². The van der Waals surface area contributed by atoms with Crippen molar-refractivity contribution in [3.05, 3.63) is 54.2 Å². The van der Waals surface area contributed by atoms with Gasteiger partial charge in [-0.15, -0.1) is 0 Å². The van der Waals surface area contributed by atoms with Crippen molar-refractivity contribution in [2.75, 3.05) is 18.0 Å². The molecule has 1 N–H and O–H groups in total. The van der Waals surface area contributed by atoms with Gasteiger partial charge in [-0.2, -0.15) is 18.3 Å². The van der Waals surface area contributed by atoms with Crippen LogP contribution in [0.1, 0.15) is 12.5 Å². The normalized spacial score (nSPS) is 16.9. The quantitative estimate of drug-likeness (QED) is 0.847. The van der Waals surface area contributed by atoms with E-state index in [1.165, 1.54) is 12.1 Å². The molecule has 2 heterocycles. The standard InChI is InChI=1S/C18H19F3N4O/c1-12(2)17(26)22-9-13-10-24(16-7-8-23-25(16)11-13)15-5-3-14(4-6-15)18(19,20)21/h3-8,13H,1,9-11H2,2H3,(H,22,26)/t13-/m1/s1. The molecule has 1 aliphatic rings. The second-order valence-electron chi connectivity index (χ2n) is 6.38. The van der Waals surface area contributed by atoms with Gasteiger partial charge in [0, 0.05) is 42.9 Å². The fourth-order valence-corrected chi connectivity index (χ4v) is 2.93. The van der Waals surface area contributed by atoms with Crippen LogP contribution < -0.4 is 10.2 Å². The number of benzene rings is 1. The predicted octanol–water partition coefficient (Wildman–Crippen LogP) is 3.36. The van der Waals surface area contributed by atoms with Crippen molar-refractivity contribution in [3.63, 3.8) is 0 Å². The Labute approximate surface area is 149 Å². The second kappa shape index (κ2) is 6.86. The van der Waals surface area contributed by atoms with Crippen LogP contribution in [0.2, 0.25) is 0 Å². The largest absolute Gasteiger partial charge is 0.416 e. The average molecular weight is 364 g/mol. The number of alkyl halides is 3. The number of hydrogen-bond acceptors (Lipinski definition) is 3. The number of amides is 1. The van der Waals surface area contributed by atoms with Gasteiger partial charge < -0.3 is 10.2 Å². The molecule has 1 atom stereocenters. The Morgan fingerprint density at radius 1 is 1.27 bits per heavy atom. The lowest BCUT2D eigenvalue weighted by Crippen LogP contribution is -2.41. The number of hydrogen-bond donors (Lipinski definition) is 1. The Morgan fingerprint density at radius 3 is 2.58 bits per heavy atom. The first-order valence-corrected chi connectivity index (χ1v) is 8.16. The molecule has 0 radical (unpaired) electrons. The van der Waals surface area contributed by atoms with Crippen LogP contribution in [0.3, 0.4) is 0 Å². The van der Waals surface area contributed by atoms with E-state index >= 15 is 0 Å². The second-order valence-corrected chi connectivity index (χ2v) is 6.38. The summed E-state index contributed by atoms with van der Waals surface area (Å²) >= 11 is 0. The summed E-state index contributed by atoms with van der Waals surface area (Å²) in [5.74, 6) is 0.664. The maximum absolute atomic E-state index is 12.8. The summed E-state index contributed by atoms with van der Waals surface area (Å²) in [5.41, 5.74) is 0.396. The summed E-state index contributed by atoms with van der Waals surface area (Å²) in [7, 11) is 0. The van der Waals surface area contributed by atoms with Crippen LogP contribution in [0.4, 0.5) is 24.7 Å². The third kappa shape index (κ3) is 3.74. The highest BCUT2D eigenvalue weighted by Gasteiger charge is 2.31. The number of halogens is 3. The van der Waals surface area contributed by atoms with Gasteiger partial charge in [0.25, 0.3) is 0 Å². The van der Waals surface area contributed by atoms with Crippen molar-refractivity contribution >= 4 is 17.4 Å². The number of carbonyl (C=O) groups is 1. The average Bonchev–Trinajstić information content (AvgIpc) is 3.06. The summed E-state index contributed by atoms with van der Waals surface area (Å²) in [6.07, 6.45) is -2.71. The van der Waals surface area contributed by atoms with Gasteiger partial charge in [-0.25, -0.2) is 4.68 Å². The highest BCUT2D eigenvalue weighted by molar-refractivity contribution is 5.92. The molecule has 1 aliphatic heterocycles. The summed E-state index contributed by atoms with van der Waals surface area (Å²) in [4.78, 5) is 13.6. The Bertz CT molecular complexity index is 811. The molecule has 0 saturated carbocycles. The van der Waals surface area contributed by atoms with E-state index in [2.05, 4.69) is 17.0 Å². The zero-order valence-electron chi connectivity index (χ0n) is 14.3. The predicted molar refractivity (Wildman–Crippen MR) is 92.0 cm³/mol. The number of aromatic nitrogens is 2. The monoisotopic (exact) mass is 364 g/mol. The molecule has 0 bridgehead atoms. The molecule has 1 aromatic carbocycles. The Hall–Kier alpha value is -2.77. The Kier molecular flexibility index (Phi) is 4.76. The van der Waals surface area contributed by atoms with E-state index in [9.17, 15) is 18.0 Å². The van der Waals surface area contributed by atoms with Gasteiger partial charge in [0.2, 0.25) is 5.91 Å². The molecule has 2 aromatic rings. The first kappa shape index (κ1) is 18.0.